The Morgan fingerprint density at radius 1 is 1.11 bits per heavy atom. The predicted molar refractivity (Wildman–Crippen MR) is 110 cm³/mol. The van der Waals surface area contributed by atoms with E-state index in [9.17, 15) is 9.18 Å². The molecular formula is C18H23FN6O2S. The van der Waals surface area contributed by atoms with Gasteiger partial charge in [-0.05, 0) is 24.2 Å². The molecular weight excluding hydrogens is 383 g/mol. The second-order valence-electron chi connectivity index (χ2n) is 5.84. The number of aliphatic carboxylic acids is 1. The zero-order valence-corrected chi connectivity index (χ0v) is 16.1. The van der Waals surface area contributed by atoms with Crippen LogP contribution in [0.2, 0.25) is 0 Å². The highest BCUT2D eigenvalue weighted by atomic mass is 32.1. The lowest BCUT2D eigenvalue weighted by Crippen LogP contribution is -2.37. The number of carboxylic acid groups (broad SMARTS) is 1. The minimum atomic E-state index is -0.885. The summed E-state index contributed by atoms with van der Waals surface area (Å²) in [6, 6.07) is 9.77. The topological polar surface area (TPSA) is 111 Å². The maximum atomic E-state index is 13.9. The molecule has 0 amide bonds. The highest BCUT2D eigenvalue weighted by Crippen LogP contribution is 2.12. The van der Waals surface area contributed by atoms with Crippen LogP contribution in [0.25, 0.3) is 0 Å². The van der Waals surface area contributed by atoms with E-state index in [1.165, 1.54) is 0 Å². The third-order valence-corrected chi connectivity index (χ3v) is 3.88. The first-order chi connectivity index (χ1) is 13.5. The van der Waals surface area contributed by atoms with Crippen LogP contribution in [-0.2, 0) is 11.3 Å². The molecule has 1 heterocycles. The maximum Gasteiger partial charge on any atom is 0.305 e. The van der Waals surface area contributed by atoms with Crippen LogP contribution in [0.4, 0.5) is 16.2 Å². The summed E-state index contributed by atoms with van der Waals surface area (Å²) in [6.07, 6.45) is 1.79. The van der Waals surface area contributed by atoms with Gasteiger partial charge in [0.15, 0.2) is 16.7 Å². The van der Waals surface area contributed by atoms with Crippen LogP contribution in [0.5, 0.6) is 0 Å². The highest BCUT2D eigenvalue weighted by Gasteiger charge is 2.06. The van der Waals surface area contributed by atoms with Crippen molar-refractivity contribution in [2.75, 3.05) is 30.3 Å². The largest absolute Gasteiger partial charge is 0.481 e. The molecule has 8 nitrogen and oxygen atoms in total. The van der Waals surface area contributed by atoms with Crippen molar-refractivity contribution in [2.45, 2.75) is 19.4 Å². The summed E-state index contributed by atoms with van der Waals surface area (Å²) in [5, 5.41) is 20.7. The van der Waals surface area contributed by atoms with Crippen LogP contribution in [0.3, 0.4) is 0 Å². The fourth-order valence-electron chi connectivity index (χ4n) is 2.20. The summed E-state index contributed by atoms with van der Waals surface area (Å²) in [5.41, 5.74) is 1.07. The Hall–Kier alpha value is -3.01. The molecule has 0 aliphatic rings. The number of carboxylic acids is 1. The number of rotatable bonds is 11. The molecule has 0 bridgehead atoms. The summed E-state index contributed by atoms with van der Waals surface area (Å²) in [4.78, 5) is 18.5. The Balaban J connectivity index is 1.69. The summed E-state index contributed by atoms with van der Waals surface area (Å²) >= 11 is 5.03. The first-order valence-electron chi connectivity index (χ1n) is 8.82. The number of hydrogen-bond acceptors (Lipinski definition) is 6. The third kappa shape index (κ3) is 8.12. The molecule has 0 spiro atoms. The average molecular weight is 406 g/mol. The number of thiocarbonyl (C=S) groups is 1. The summed E-state index contributed by atoms with van der Waals surface area (Å²) in [7, 11) is 0. The number of carbonyl (C=O) groups is 1. The van der Waals surface area contributed by atoms with E-state index in [-0.39, 0.29) is 18.8 Å². The Labute approximate surface area is 168 Å². The Kier molecular flexibility index (Phi) is 8.86. The van der Waals surface area contributed by atoms with Crippen molar-refractivity contribution < 1.29 is 14.3 Å². The van der Waals surface area contributed by atoms with E-state index < -0.39 is 11.8 Å². The molecule has 0 atom stereocenters. The zero-order chi connectivity index (χ0) is 20.2. The Bertz CT molecular complexity index is 778. The lowest BCUT2D eigenvalue weighted by atomic mass is 10.2. The van der Waals surface area contributed by atoms with Crippen LogP contribution in [-0.4, -0.2) is 45.8 Å². The quantitative estimate of drug-likeness (QED) is 0.282. The first-order valence-corrected chi connectivity index (χ1v) is 9.23. The number of halogens is 1. The average Bonchev–Trinajstić information content (AvgIpc) is 2.68. The second-order valence-corrected chi connectivity index (χ2v) is 6.24. The molecule has 2 aromatic rings. The van der Waals surface area contributed by atoms with E-state index in [0.29, 0.717) is 37.1 Å². The SMILES string of the molecule is O=C(O)CCNC(=S)NCCCNc1nc(NCc2ccccc2)ncc1F. The molecule has 0 radical (unpaired) electrons. The smallest absolute Gasteiger partial charge is 0.305 e. The molecule has 0 unspecified atom stereocenters. The van der Waals surface area contributed by atoms with Crippen molar-refractivity contribution in [3.63, 3.8) is 0 Å². The van der Waals surface area contributed by atoms with Gasteiger partial charge in [-0.25, -0.2) is 9.37 Å². The van der Waals surface area contributed by atoms with E-state index in [0.717, 1.165) is 11.8 Å². The monoisotopic (exact) mass is 406 g/mol. The van der Waals surface area contributed by atoms with Crippen molar-refractivity contribution >= 4 is 35.1 Å². The van der Waals surface area contributed by atoms with Crippen LogP contribution in [0.1, 0.15) is 18.4 Å². The normalized spacial score (nSPS) is 10.2. The summed E-state index contributed by atoms with van der Waals surface area (Å²) in [5.74, 6) is -0.935. The molecule has 28 heavy (non-hydrogen) atoms. The van der Waals surface area contributed by atoms with Crippen molar-refractivity contribution in [3.8, 4) is 0 Å². The van der Waals surface area contributed by atoms with Crippen LogP contribution >= 0.6 is 12.2 Å². The number of hydrogen-bond donors (Lipinski definition) is 5. The molecule has 0 saturated carbocycles. The second kappa shape index (κ2) is 11.7. The number of anilines is 2. The van der Waals surface area contributed by atoms with Gasteiger partial charge in [-0.1, -0.05) is 30.3 Å². The lowest BCUT2D eigenvalue weighted by Gasteiger charge is -2.11. The number of benzene rings is 1. The van der Waals surface area contributed by atoms with E-state index in [4.69, 9.17) is 17.3 Å². The molecule has 1 aromatic heterocycles. The van der Waals surface area contributed by atoms with E-state index in [1.807, 2.05) is 30.3 Å². The van der Waals surface area contributed by atoms with Crippen molar-refractivity contribution in [3.05, 3.63) is 47.9 Å². The molecule has 0 fully saturated rings. The van der Waals surface area contributed by atoms with Crippen molar-refractivity contribution in [1.82, 2.24) is 20.6 Å². The van der Waals surface area contributed by atoms with Gasteiger partial charge in [0.25, 0.3) is 0 Å². The third-order valence-electron chi connectivity index (χ3n) is 3.59. The van der Waals surface area contributed by atoms with Gasteiger partial charge in [0.1, 0.15) is 0 Å². The van der Waals surface area contributed by atoms with Gasteiger partial charge < -0.3 is 26.4 Å². The summed E-state index contributed by atoms with van der Waals surface area (Å²) in [6.45, 7) is 1.85. The van der Waals surface area contributed by atoms with Gasteiger partial charge in [0.05, 0.1) is 12.6 Å². The fourth-order valence-corrected chi connectivity index (χ4v) is 2.40. The lowest BCUT2D eigenvalue weighted by molar-refractivity contribution is -0.136. The van der Waals surface area contributed by atoms with Gasteiger partial charge in [-0.15, -0.1) is 0 Å². The van der Waals surface area contributed by atoms with Crippen LogP contribution in [0, 0.1) is 5.82 Å². The zero-order valence-electron chi connectivity index (χ0n) is 15.2. The minimum Gasteiger partial charge on any atom is -0.481 e. The first kappa shape index (κ1) is 21.3. The molecule has 0 saturated heterocycles. The van der Waals surface area contributed by atoms with Gasteiger partial charge in [0, 0.05) is 26.2 Å². The van der Waals surface area contributed by atoms with Gasteiger partial charge in [-0.2, -0.15) is 4.98 Å². The molecule has 2 rings (SSSR count). The molecule has 1 aromatic carbocycles. The van der Waals surface area contributed by atoms with E-state index >= 15 is 0 Å². The maximum absolute atomic E-state index is 13.9. The van der Waals surface area contributed by atoms with Crippen molar-refractivity contribution in [2.24, 2.45) is 0 Å². The molecule has 0 aliphatic heterocycles. The van der Waals surface area contributed by atoms with E-state index in [1.54, 1.807) is 0 Å². The number of nitrogens with zero attached hydrogens (tertiary/aromatic N) is 2. The Morgan fingerprint density at radius 3 is 2.61 bits per heavy atom. The fraction of sp³-hybridized carbons (Fsp3) is 0.333. The molecule has 0 aliphatic carbocycles. The van der Waals surface area contributed by atoms with Gasteiger partial charge in [0.2, 0.25) is 5.95 Å². The molecule has 10 heteroatoms. The number of aromatic nitrogens is 2. The number of nitrogens with one attached hydrogen (secondary N) is 4. The van der Waals surface area contributed by atoms with Crippen LogP contribution < -0.4 is 21.3 Å². The highest BCUT2D eigenvalue weighted by molar-refractivity contribution is 7.80. The van der Waals surface area contributed by atoms with Gasteiger partial charge in [-0.3, -0.25) is 4.79 Å². The standard InChI is InChI=1S/C18H23FN6O2S/c19-14-12-24-17(23-11-13-5-2-1-3-6-13)25-16(14)20-8-4-9-21-18(28)22-10-7-15(26)27/h1-3,5-6,12H,4,7-11H2,(H,26,27)(H2,21,22,28)(H2,20,23,24,25). The van der Waals surface area contributed by atoms with Crippen LogP contribution in [0.15, 0.2) is 36.5 Å². The molecule has 150 valence electrons. The van der Waals surface area contributed by atoms with E-state index in [2.05, 4.69) is 31.2 Å². The Morgan fingerprint density at radius 2 is 1.86 bits per heavy atom. The minimum absolute atomic E-state index is 0.00297. The summed E-state index contributed by atoms with van der Waals surface area (Å²) < 4.78 is 13.9. The van der Waals surface area contributed by atoms with Crippen molar-refractivity contribution in [1.29, 1.82) is 0 Å². The molecule has 5 N–H and O–H groups in total. The predicted octanol–water partition coefficient (Wildman–Crippen LogP) is 1.97. The van der Waals surface area contributed by atoms with Gasteiger partial charge >= 0.3 is 5.97 Å².